The predicted molar refractivity (Wildman–Crippen MR) is 92.3 cm³/mol. The summed E-state index contributed by atoms with van der Waals surface area (Å²) in [4.78, 5) is 0. The lowest BCUT2D eigenvalue weighted by molar-refractivity contribution is 0.0206. The van der Waals surface area contributed by atoms with Crippen LogP contribution in [0.5, 0.6) is 0 Å². The lowest BCUT2D eigenvalue weighted by atomic mass is 9.59. The molecule has 2 nitrogen and oxygen atoms in total. The molecule has 0 saturated heterocycles. The average Bonchev–Trinajstić information content (AvgIpc) is 2.46. The minimum atomic E-state index is 0.259. The van der Waals surface area contributed by atoms with E-state index in [2.05, 4.69) is 41.5 Å². The molecule has 0 saturated carbocycles. The molecule has 128 valence electrons. The van der Waals surface area contributed by atoms with Gasteiger partial charge in [0.05, 0.1) is 0 Å². The van der Waals surface area contributed by atoms with Crippen LogP contribution < -0.4 is 0 Å². The van der Waals surface area contributed by atoms with Gasteiger partial charge in [0, 0.05) is 13.2 Å². The van der Waals surface area contributed by atoms with E-state index >= 15 is 0 Å². The second kappa shape index (κ2) is 10.6. The van der Waals surface area contributed by atoms with Gasteiger partial charge >= 0.3 is 0 Å². The summed E-state index contributed by atoms with van der Waals surface area (Å²) < 4.78 is 0. The first kappa shape index (κ1) is 20.9. The monoisotopic (exact) mass is 300 g/mol. The highest BCUT2D eigenvalue weighted by Gasteiger charge is 2.40. The van der Waals surface area contributed by atoms with Crippen molar-refractivity contribution in [3.63, 3.8) is 0 Å². The highest BCUT2D eigenvalue weighted by atomic mass is 16.3. The van der Waals surface area contributed by atoms with Crippen LogP contribution in [0.4, 0.5) is 0 Å². The van der Waals surface area contributed by atoms with Gasteiger partial charge in [0.25, 0.3) is 0 Å². The highest BCUT2D eigenvalue weighted by molar-refractivity contribution is 4.89. The Morgan fingerprint density at radius 3 is 1.33 bits per heavy atom. The third-order valence-corrected chi connectivity index (χ3v) is 5.92. The number of hydrogen-bond donors (Lipinski definition) is 2. The molecule has 0 rings (SSSR count). The summed E-state index contributed by atoms with van der Waals surface area (Å²) >= 11 is 0. The molecule has 0 amide bonds. The molecule has 2 heteroatoms. The number of hydrogen-bond acceptors (Lipinski definition) is 2. The van der Waals surface area contributed by atoms with Gasteiger partial charge in [0.2, 0.25) is 0 Å². The normalized spacial score (nSPS) is 18.3. The van der Waals surface area contributed by atoms with E-state index in [9.17, 15) is 10.2 Å². The molecule has 0 aliphatic heterocycles. The van der Waals surface area contributed by atoms with E-state index in [1.807, 2.05) is 0 Å². The van der Waals surface area contributed by atoms with Crippen molar-refractivity contribution in [1.82, 2.24) is 0 Å². The smallest absolute Gasteiger partial charge is 0.0431 e. The Hall–Kier alpha value is -0.0800. The molecule has 0 bridgehead atoms. The van der Waals surface area contributed by atoms with Crippen LogP contribution in [-0.4, -0.2) is 23.4 Å². The predicted octanol–water partition coefficient (Wildman–Crippen LogP) is 4.88. The molecule has 0 spiro atoms. The first-order valence-corrected chi connectivity index (χ1v) is 9.08. The van der Waals surface area contributed by atoms with E-state index < -0.39 is 0 Å². The van der Waals surface area contributed by atoms with Crippen LogP contribution in [0.15, 0.2) is 0 Å². The highest BCUT2D eigenvalue weighted by Crippen LogP contribution is 2.48. The van der Waals surface area contributed by atoms with Gasteiger partial charge in [0.15, 0.2) is 0 Å². The maximum absolute atomic E-state index is 9.24. The Morgan fingerprint density at radius 1 is 0.762 bits per heavy atom. The molecule has 0 aromatic carbocycles. The largest absolute Gasteiger partial charge is 0.396 e. The molecule has 2 N–H and O–H groups in total. The fourth-order valence-corrected chi connectivity index (χ4v) is 4.25. The molecular formula is C19H40O2. The Balaban J connectivity index is 5.22. The second-order valence-electron chi connectivity index (χ2n) is 7.54. The van der Waals surface area contributed by atoms with Crippen molar-refractivity contribution < 1.29 is 10.2 Å². The average molecular weight is 301 g/mol. The summed E-state index contributed by atoms with van der Waals surface area (Å²) in [5.74, 6) is 2.67. The summed E-state index contributed by atoms with van der Waals surface area (Å²) in [5, 5.41) is 18.5. The van der Waals surface area contributed by atoms with E-state index in [4.69, 9.17) is 0 Å². The third kappa shape index (κ3) is 6.28. The fourth-order valence-electron chi connectivity index (χ4n) is 4.25. The molecule has 4 atom stereocenters. The third-order valence-electron chi connectivity index (χ3n) is 5.92. The number of aliphatic hydroxyl groups excluding tert-OH is 2. The van der Waals surface area contributed by atoms with E-state index in [-0.39, 0.29) is 5.41 Å². The molecule has 0 aromatic rings. The standard InChI is InChI=1S/C19H40O2/c1-7-15(3)17(11-9-13-20)19(5,6)18(12-10-14-21)16(4)8-2/h15-18,20-21H,7-14H2,1-6H3. The number of rotatable bonds is 12. The van der Waals surface area contributed by atoms with E-state index in [0.717, 1.165) is 25.7 Å². The van der Waals surface area contributed by atoms with Crippen molar-refractivity contribution in [2.24, 2.45) is 29.1 Å². The molecular weight excluding hydrogens is 260 g/mol. The molecule has 0 aliphatic carbocycles. The zero-order valence-corrected chi connectivity index (χ0v) is 15.4. The maximum Gasteiger partial charge on any atom is 0.0431 e. The van der Waals surface area contributed by atoms with Crippen LogP contribution in [0.25, 0.3) is 0 Å². The maximum atomic E-state index is 9.24. The zero-order valence-electron chi connectivity index (χ0n) is 15.4. The van der Waals surface area contributed by atoms with Gasteiger partial charge < -0.3 is 10.2 Å². The van der Waals surface area contributed by atoms with Gasteiger partial charge in [-0.25, -0.2) is 0 Å². The summed E-state index contributed by atoms with van der Waals surface area (Å²) in [5.41, 5.74) is 0.259. The van der Waals surface area contributed by atoms with Crippen molar-refractivity contribution in [2.75, 3.05) is 13.2 Å². The zero-order chi connectivity index (χ0) is 16.5. The van der Waals surface area contributed by atoms with Crippen LogP contribution in [-0.2, 0) is 0 Å². The topological polar surface area (TPSA) is 40.5 Å². The fraction of sp³-hybridized carbons (Fsp3) is 1.00. The molecule has 0 heterocycles. The van der Waals surface area contributed by atoms with E-state index in [1.54, 1.807) is 0 Å². The summed E-state index contributed by atoms with van der Waals surface area (Å²) in [7, 11) is 0. The van der Waals surface area contributed by atoms with Gasteiger partial charge in [-0.15, -0.1) is 0 Å². The van der Waals surface area contributed by atoms with Gasteiger partial charge in [-0.3, -0.25) is 0 Å². The molecule has 0 radical (unpaired) electrons. The van der Waals surface area contributed by atoms with Crippen molar-refractivity contribution in [1.29, 1.82) is 0 Å². The Labute approximate surface area is 133 Å². The Bertz CT molecular complexity index is 226. The van der Waals surface area contributed by atoms with Crippen LogP contribution in [0.3, 0.4) is 0 Å². The molecule has 21 heavy (non-hydrogen) atoms. The first-order valence-electron chi connectivity index (χ1n) is 9.08. The van der Waals surface area contributed by atoms with Crippen molar-refractivity contribution in [2.45, 2.75) is 80.1 Å². The quantitative estimate of drug-likeness (QED) is 0.539. The van der Waals surface area contributed by atoms with E-state index in [0.29, 0.717) is 36.9 Å². The molecule has 0 aliphatic rings. The minimum absolute atomic E-state index is 0.259. The summed E-state index contributed by atoms with van der Waals surface area (Å²) in [6.07, 6.45) is 6.45. The second-order valence-corrected chi connectivity index (χ2v) is 7.54. The van der Waals surface area contributed by atoms with Crippen molar-refractivity contribution >= 4 is 0 Å². The SMILES string of the molecule is CCC(C)C(CCCO)C(C)(C)C(CCCO)C(C)CC. The van der Waals surface area contributed by atoms with Gasteiger partial charge in [-0.2, -0.15) is 0 Å². The molecule has 4 unspecified atom stereocenters. The lowest BCUT2D eigenvalue weighted by Gasteiger charge is -2.46. The van der Waals surface area contributed by atoms with Gasteiger partial charge in [0.1, 0.15) is 0 Å². The summed E-state index contributed by atoms with van der Waals surface area (Å²) in [6, 6.07) is 0. The van der Waals surface area contributed by atoms with E-state index in [1.165, 1.54) is 12.8 Å². The molecule has 0 fully saturated rings. The Morgan fingerprint density at radius 2 is 1.10 bits per heavy atom. The lowest BCUT2D eigenvalue weighted by Crippen LogP contribution is -2.39. The minimum Gasteiger partial charge on any atom is -0.396 e. The Kier molecular flexibility index (Phi) is 10.6. The first-order chi connectivity index (χ1) is 9.86. The number of aliphatic hydroxyl groups is 2. The van der Waals surface area contributed by atoms with Crippen molar-refractivity contribution in [3.05, 3.63) is 0 Å². The van der Waals surface area contributed by atoms with Crippen molar-refractivity contribution in [3.8, 4) is 0 Å². The van der Waals surface area contributed by atoms with Crippen LogP contribution >= 0.6 is 0 Å². The van der Waals surface area contributed by atoms with Crippen LogP contribution in [0.1, 0.15) is 80.1 Å². The van der Waals surface area contributed by atoms with Crippen LogP contribution in [0, 0.1) is 29.1 Å². The van der Waals surface area contributed by atoms with Gasteiger partial charge in [-0.1, -0.05) is 54.4 Å². The molecule has 0 aromatic heterocycles. The van der Waals surface area contributed by atoms with Crippen LogP contribution in [0.2, 0.25) is 0 Å². The summed E-state index contributed by atoms with van der Waals surface area (Å²) in [6.45, 7) is 14.7. The van der Waals surface area contributed by atoms with Gasteiger partial charge in [-0.05, 0) is 54.8 Å².